The largest absolute Gasteiger partial charge is 0.353 e. The lowest BCUT2D eigenvalue weighted by molar-refractivity contribution is -0.146. The first-order valence-corrected chi connectivity index (χ1v) is 10.1. The fraction of sp³-hybridized carbons (Fsp3) is 0.700. The number of nitrogens with zero attached hydrogens (tertiary/aromatic N) is 3. The highest BCUT2D eigenvalue weighted by atomic mass is 35.5. The number of halogens is 1. The van der Waals surface area contributed by atoms with Gasteiger partial charge in [0, 0.05) is 37.4 Å². The fourth-order valence-corrected chi connectivity index (χ4v) is 3.10. The first-order valence-electron chi connectivity index (χ1n) is 9.55. The lowest BCUT2D eigenvalue weighted by Gasteiger charge is -2.32. The van der Waals surface area contributed by atoms with Crippen LogP contribution >= 0.6 is 11.6 Å². The summed E-state index contributed by atoms with van der Waals surface area (Å²) in [4.78, 5) is 29.6. The highest BCUT2D eigenvalue weighted by molar-refractivity contribution is 6.19. The molecule has 2 amide bonds. The summed E-state index contributed by atoms with van der Waals surface area (Å²) < 4.78 is 2.04. The summed E-state index contributed by atoms with van der Waals surface area (Å²) in [5.41, 5.74) is 0.454. The van der Waals surface area contributed by atoms with Gasteiger partial charge < -0.3 is 14.4 Å². The Labute approximate surface area is 162 Å². The van der Waals surface area contributed by atoms with Gasteiger partial charge in [0.25, 0.3) is 0 Å². The first kappa shape index (κ1) is 20.8. The van der Waals surface area contributed by atoms with E-state index in [1.165, 1.54) is 0 Å². The molecular weight excluding hydrogens is 350 g/mol. The van der Waals surface area contributed by atoms with Crippen LogP contribution in [0.15, 0.2) is 18.3 Å². The molecule has 0 atom stereocenters. The van der Waals surface area contributed by atoms with E-state index in [9.17, 15) is 9.59 Å². The van der Waals surface area contributed by atoms with Crippen LogP contribution in [0.4, 0.5) is 0 Å². The topological polar surface area (TPSA) is 45.6 Å². The van der Waals surface area contributed by atoms with Crippen molar-refractivity contribution in [2.24, 2.45) is 12.5 Å². The van der Waals surface area contributed by atoms with E-state index >= 15 is 0 Å². The van der Waals surface area contributed by atoms with Crippen LogP contribution in [0.25, 0.3) is 0 Å². The summed E-state index contributed by atoms with van der Waals surface area (Å²) in [5.74, 6) is 0.241. The van der Waals surface area contributed by atoms with Crippen molar-refractivity contribution in [2.75, 3.05) is 19.0 Å². The molecule has 0 unspecified atom stereocenters. The van der Waals surface area contributed by atoms with Crippen molar-refractivity contribution in [1.82, 2.24) is 14.4 Å². The number of amides is 2. The van der Waals surface area contributed by atoms with Crippen molar-refractivity contribution >= 4 is 23.4 Å². The average Bonchev–Trinajstić information content (AvgIpc) is 3.38. The van der Waals surface area contributed by atoms with Crippen LogP contribution in [-0.4, -0.2) is 51.2 Å². The molecule has 0 saturated heterocycles. The van der Waals surface area contributed by atoms with Crippen molar-refractivity contribution in [1.29, 1.82) is 0 Å². The van der Waals surface area contributed by atoms with Gasteiger partial charge in [0.1, 0.15) is 0 Å². The van der Waals surface area contributed by atoms with Crippen LogP contribution < -0.4 is 0 Å². The third kappa shape index (κ3) is 5.26. The summed E-state index contributed by atoms with van der Waals surface area (Å²) in [6.07, 6.45) is 5.96. The van der Waals surface area contributed by atoms with Crippen LogP contribution in [0.2, 0.25) is 0 Å². The molecular formula is C20H32ClN3O2. The van der Waals surface area contributed by atoms with Gasteiger partial charge in [-0.05, 0) is 45.2 Å². The van der Waals surface area contributed by atoms with E-state index in [0.29, 0.717) is 19.1 Å². The third-order valence-corrected chi connectivity index (χ3v) is 5.67. The molecule has 0 aliphatic heterocycles. The van der Waals surface area contributed by atoms with Gasteiger partial charge >= 0.3 is 0 Å². The van der Waals surface area contributed by atoms with E-state index in [4.69, 9.17) is 11.6 Å². The number of aromatic nitrogens is 1. The van der Waals surface area contributed by atoms with Crippen molar-refractivity contribution in [3.63, 3.8) is 0 Å². The SMILES string of the molecule is CCCCN(CC(=O)N(Cc1cccn1C)C1CC1)C(=O)C(C)(C)CCl. The van der Waals surface area contributed by atoms with E-state index in [1.807, 2.05) is 48.7 Å². The maximum absolute atomic E-state index is 13.0. The van der Waals surface area contributed by atoms with Crippen LogP contribution in [0.1, 0.15) is 52.1 Å². The second-order valence-electron chi connectivity index (χ2n) is 7.96. The van der Waals surface area contributed by atoms with E-state index in [1.54, 1.807) is 4.90 Å². The Morgan fingerprint density at radius 3 is 2.54 bits per heavy atom. The quantitative estimate of drug-likeness (QED) is 0.583. The van der Waals surface area contributed by atoms with Crippen molar-refractivity contribution in [2.45, 2.75) is 59.0 Å². The summed E-state index contributed by atoms with van der Waals surface area (Å²) in [7, 11) is 1.99. The minimum atomic E-state index is -0.655. The van der Waals surface area contributed by atoms with Crippen molar-refractivity contribution < 1.29 is 9.59 Å². The van der Waals surface area contributed by atoms with Crippen molar-refractivity contribution in [3.05, 3.63) is 24.0 Å². The van der Waals surface area contributed by atoms with E-state index < -0.39 is 5.41 Å². The number of hydrogen-bond donors (Lipinski definition) is 0. The highest BCUT2D eigenvalue weighted by Crippen LogP contribution is 2.29. The van der Waals surface area contributed by atoms with Gasteiger partial charge in [0.15, 0.2) is 0 Å². The van der Waals surface area contributed by atoms with Crippen LogP contribution in [0, 0.1) is 5.41 Å². The number of aryl methyl sites for hydroxylation is 1. The number of rotatable bonds is 10. The van der Waals surface area contributed by atoms with Gasteiger partial charge in [-0.1, -0.05) is 13.3 Å². The molecule has 1 aliphatic carbocycles. The minimum absolute atomic E-state index is 0.0310. The van der Waals surface area contributed by atoms with Gasteiger partial charge in [0.05, 0.1) is 18.5 Å². The van der Waals surface area contributed by atoms with Gasteiger partial charge in [-0.3, -0.25) is 9.59 Å². The number of carbonyl (C=O) groups is 2. The lowest BCUT2D eigenvalue weighted by atomic mass is 9.94. The first-order chi connectivity index (χ1) is 12.3. The molecule has 5 nitrogen and oxygen atoms in total. The zero-order valence-corrected chi connectivity index (χ0v) is 17.3. The molecule has 146 valence electrons. The predicted octanol–water partition coefficient (Wildman–Crippen LogP) is 3.41. The number of unbranched alkanes of at least 4 members (excludes halogenated alkanes) is 1. The normalized spacial score (nSPS) is 14.3. The molecule has 1 fully saturated rings. The van der Waals surface area contributed by atoms with Crippen LogP contribution in [0.5, 0.6) is 0 Å². The zero-order valence-electron chi connectivity index (χ0n) is 16.5. The summed E-state index contributed by atoms with van der Waals surface area (Å²) in [6, 6.07) is 4.34. The highest BCUT2D eigenvalue weighted by Gasteiger charge is 2.36. The lowest BCUT2D eigenvalue weighted by Crippen LogP contribution is -2.48. The summed E-state index contributed by atoms with van der Waals surface area (Å²) in [6.45, 7) is 7.11. The molecule has 1 aliphatic rings. The molecule has 2 rings (SSSR count). The van der Waals surface area contributed by atoms with Crippen molar-refractivity contribution in [3.8, 4) is 0 Å². The zero-order chi connectivity index (χ0) is 19.3. The number of hydrogen-bond acceptors (Lipinski definition) is 2. The molecule has 26 heavy (non-hydrogen) atoms. The van der Waals surface area contributed by atoms with Gasteiger partial charge in [0.2, 0.25) is 11.8 Å². The number of carbonyl (C=O) groups excluding carboxylic acids is 2. The monoisotopic (exact) mass is 381 g/mol. The Hall–Kier alpha value is -1.49. The Morgan fingerprint density at radius 2 is 2.04 bits per heavy atom. The number of alkyl halides is 1. The fourth-order valence-electron chi connectivity index (χ4n) is 2.98. The molecule has 0 spiro atoms. The second kappa shape index (κ2) is 8.94. The molecule has 1 aromatic heterocycles. The molecule has 0 bridgehead atoms. The van der Waals surface area contributed by atoms with Gasteiger partial charge in [-0.25, -0.2) is 0 Å². The standard InChI is InChI=1S/C20H32ClN3O2/c1-5-6-12-23(19(26)20(2,3)15-21)14-18(25)24(16-9-10-16)13-17-8-7-11-22(17)4/h7-8,11,16H,5-6,9-10,12-15H2,1-4H3. The molecule has 1 heterocycles. The maximum atomic E-state index is 13.0. The molecule has 6 heteroatoms. The van der Waals surface area contributed by atoms with Gasteiger partial charge in [-0.2, -0.15) is 0 Å². The molecule has 1 aromatic rings. The Bertz CT molecular complexity index is 622. The molecule has 0 N–H and O–H groups in total. The molecule has 0 radical (unpaired) electrons. The summed E-state index contributed by atoms with van der Waals surface area (Å²) in [5, 5.41) is 0. The smallest absolute Gasteiger partial charge is 0.242 e. The summed E-state index contributed by atoms with van der Waals surface area (Å²) >= 11 is 5.99. The van der Waals surface area contributed by atoms with E-state index in [2.05, 4.69) is 6.92 Å². The van der Waals surface area contributed by atoms with E-state index in [0.717, 1.165) is 31.4 Å². The van der Waals surface area contributed by atoms with Crippen LogP contribution in [-0.2, 0) is 23.2 Å². The average molecular weight is 382 g/mol. The molecule has 0 aromatic carbocycles. The Balaban J connectivity index is 2.10. The second-order valence-corrected chi connectivity index (χ2v) is 8.23. The Kier molecular flexibility index (Phi) is 7.16. The third-order valence-electron chi connectivity index (χ3n) is 5.00. The van der Waals surface area contributed by atoms with E-state index in [-0.39, 0.29) is 24.2 Å². The predicted molar refractivity (Wildman–Crippen MR) is 105 cm³/mol. The minimum Gasteiger partial charge on any atom is -0.353 e. The van der Waals surface area contributed by atoms with Gasteiger partial charge in [-0.15, -0.1) is 11.6 Å². The maximum Gasteiger partial charge on any atom is 0.242 e. The van der Waals surface area contributed by atoms with Crippen LogP contribution in [0.3, 0.4) is 0 Å². The Morgan fingerprint density at radius 1 is 1.35 bits per heavy atom. The molecule has 1 saturated carbocycles.